The molecule has 4 rings (SSSR count). The number of Topliss-reactive ketones (excluding diaryl/α,β-unsaturated/α-hetero) is 1. The van der Waals surface area contributed by atoms with Gasteiger partial charge in [0, 0.05) is 36.2 Å². The molecule has 0 unspecified atom stereocenters. The van der Waals surface area contributed by atoms with Gasteiger partial charge in [0.15, 0.2) is 0 Å². The van der Waals surface area contributed by atoms with Crippen LogP contribution >= 0.6 is 13.5 Å². The molecule has 0 fully saturated rings. The second-order valence-corrected chi connectivity index (χ2v) is 6.73. The summed E-state index contributed by atoms with van der Waals surface area (Å²) in [6.07, 6.45) is 3.69. The highest BCUT2D eigenvalue weighted by Gasteiger charge is 2.32. The average molecular weight is 398 g/mol. The summed E-state index contributed by atoms with van der Waals surface area (Å²) in [5.74, 6) is -1.27. The molecule has 3 aromatic rings. The number of nitrogens with two attached hydrogens (primary N) is 1. The predicted molar refractivity (Wildman–Crippen MR) is 111 cm³/mol. The SMILES string of the molecule is NC[C@@H](C(=O)Cc1ccc2cnccc2c1)c1cc(F)c2c(c1)COB2O.S. The largest absolute Gasteiger partial charge is 0.494 e. The maximum Gasteiger partial charge on any atom is 0.494 e. The van der Waals surface area contributed by atoms with Crippen LogP contribution in [-0.4, -0.2) is 29.5 Å². The van der Waals surface area contributed by atoms with Crippen molar-refractivity contribution in [3.8, 4) is 0 Å². The summed E-state index contributed by atoms with van der Waals surface area (Å²) in [6, 6.07) is 10.6. The first-order chi connectivity index (χ1) is 13.1. The molecular formula is C20H20BFN2O3S. The van der Waals surface area contributed by atoms with Gasteiger partial charge in [-0.25, -0.2) is 4.39 Å². The molecule has 0 saturated heterocycles. The van der Waals surface area contributed by atoms with Gasteiger partial charge in [-0.15, -0.1) is 0 Å². The smallest absolute Gasteiger partial charge is 0.423 e. The van der Waals surface area contributed by atoms with Crippen molar-refractivity contribution in [1.29, 1.82) is 0 Å². The first-order valence-electron chi connectivity index (χ1n) is 8.74. The molecule has 0 radical (unpaired) electrons. The Bertz CT molecular complexity index is 1030. The van der Waals surface area contributed by atoms with E-state index in [4.69, 9.17) is 10.4 Å². The van der Waals surface area contributed by atoms with E-state index in [2.05, 4.69) is 4.98 Å². The summed E-state index contributed by atoms with van der Waals surface area (Å²) in [4.78, 5) is 16.9. The Morgan fingerprint density at radius 2 is 2.11 bits per heavy atom. The van der Waals surface area contributed by atoms with Crippen molar-refractivity contribution >= 4 is 42.6 Å². The lowest BCUT2D eigenvalue weighted by Gasteiger charge is -2.16. The zero-order valence-corrected chi connectivity index (χ0v) is 16.1. The molecule has 28 heavy (non-hydrogen) atoms. The van der Waals surface area contributed by atoms with Crippen LogP contribution in [0, 0.1) is 5.82 Å². The van der Waals surface area contributed by atoms with Gasteiger partial charge in [0.25, 0.3) is 0 Å². The van der Waals surface area contributed by atoms with Crippen molar-refractivity contribution < 1.29 is 18.9 Å². The first-order valence-corrected chi connectivity index (χ1v) is 8.74. The van der Waals surface area contributed by atoms with E-state index in [1.165, 1.54) is 6.07 Å². The van der Waals surface area contributed by atoms with Crippen LogP contribution in [0.25, 0.3) is 10.8 Å². The molecule has 5 nitrogen and oxygen atoms in total. The fraction of sp³-hybridized carbons (Fsp3) is 0.200. The molecule has 1 aliphatic rings. The van der Waals surface area contributed by atoms with Gasteiger partial charge in [0.05, 0.1) is 12.5 Å². The average Bonchev–Trinajstić information content (AvgIpc) is 3.03. The van der Waals surface area contributed by atoms with Crippen LogP contribution in [0.2, 0.25) is 0 Å². The minimum atomic E-state index is -1.26. The lowest BCUT2D eigenvalue weighted by atomic mass is 9.77. The van der Waals surface area contributed by atoms with Crippen LogP contribution in [0.5, 0.6) is 0 Å². The van der Waals surface area contributed by atoms with E-state index in [0.29, 0.717) is 11.1 Å². The third kappa shape index (κ3) is 3.81. The summed E-state index contributed by atoms with van der Waals surface area (Å²) in [7, 11) is -1.26. The van der Waals surface area contributed by atoms with Crippen molar-refractivity contribution in [3.63, 3.8) is 0 Å². The maximum absolute atomic E-state index is 14.4. The van der Waals surface area contributed by atoms with E-state index in [-0.39, 0.29) is 44.3 Å². The minimum Gasteiger partial charge on any atom is -0.423 e. The third-order valence-corrected chi connectivity index (χ3v) is 4.99. The van der Waals surface area contributed by atoms with Crippen molar-refractivity contribution in [1.82, 2.24) is 4.98 Å². The lowest BCUT2D eigenvalue weighted by molar-refractivity contribution is -0.119. The van der Waals surface area contributed by atoms with Gasteiger partial charge in [-0.05, 0) is 34.2 Å². The normalized spacial score (nSPS) is 13.9. The van der Waals surface area contributed by atoms with Crippen molar-refractivity contribution in [2.24, 2.45) is 5.73 Å². The molecule has 0 amide bonds. The molecule has 0 aliphatic carbocycles. The molecule has 1 aromatic heterocycles. The fourth-order valence-corrected chi connectivity index (χ4v) is 3.57. The fourth-order valence-electron chi connectivity index (χ4n) is 3.57. The van der Waals surface area contributed by atoms with Crippen molar-refractivity contribution in [2.45, 2.75) is 18.9 Å². The zero-order chi connectivity index (χ0) is 19.0. The Morgan fingerprint density at radius 3 is 2.89 bits per heavy atom. The van der Waals surface area contributed by atoms with Gasteiger partial charge in [0.2, 0.25) is 0 Å². The number of carbonyl (C=O) groups excluding carboxylic acids is 1. The van der Waals surface area contributed by atoms with Gasteiger partial charge in [0.1, 0.15) is 11.6 Å². The highest BCUT2D eigenvalue weighted by atomic mass is 32.1. The summed E-state index contributed by atoms with van der Waals surface area (Å²) in [5.41, 5.74) is 7.93. The number of pyridine rings is 1. The van der Waals surface area contributed by atoms with Gasteiger partial charge < -0.3 is 15.4 Å². The molecule has 144 valence electrons. The van der Waals surface area contributed by atoms with Gasteiger partial charge in [-0.2, -0.15) is 13.5 Å². The third-order valence-electron chi connectivity index (χ3n) is 4.99. The topological polar surface area (TPSA) is 85.4 Å². The predicted octanol–water partition coefficient (Wildman–Crippen LogP) is 1.56. The Kier molecular flexibility index (Phi) is 6.15. The Morgan fingerprint density at radius 1 is 1.29 bits per heavy atom. The van der Waals surface area contributed by atoms with Gasteiger partial charge in [-0.3, -0.25) is 9.78 Å². The second-order valence-electron chi connectivity index (χ2n) is 6.73. The molecule has 0 spiro atoms. The molecule has 1 atom stereocenters. The van der Waals surface area contributed by atoms with E-state index in [0.717, 1.165) is 16.3 Å². The van der Waals surface area contributed by atoms with Crippen LogP contribution in [0.15, 0.2) is 48.8 Å². The maximum atomic E-state index is 14.4. The standard InChI is InChI=1S/C20H18BFN2O3.H2S/c22-18-8-15(7-16-11-27-21(26)20(16)18)17(9-23)19(25)6-12-1-2-14-10-24-4-3-13(14)5-12;/h1-5,7-8,10,17,26H,6,9,11,23H2;1H2/t17-;/m1./s1. The molecule has 0 saturated carbocycles. The molecule has 0 bridgehead atoms. The number of hydrogen-bond acceptors (Lipinski definition) is 5. The number of fused-ring (bicyclic) bond motifs is 2. The number of hydrogen-bond donors (Lipinski definition) is 2. The van der Waals surface area contributed by atoms with Gasteiger partial charge >= 0.3 is 7.12 Å². The highest BCUT2D eigenvalue weighted by molar-refractivity contribution is 7.59. The number of halogens is 1. The second kappa shape index (κ2) is 8.40. The Labute approximate surface area is 169 Å². The highest BCUT2D eigenvalue weighted by Crippen LogP contribution is 2.24. The van der Waals surface area contributed by atoms with Crippen molar-refractivity contribution in [2.75, 3.05) is 6.54 Å². The van der Waals surface area contributed by atoms with Crippen LogP contribution < -0.4 is 11.2 Å². The number of nitrogens with zero attached hydrogens (tertiary/aromatic N) is 1. The molecule has 2 aromatic carbocycles. The summed E-state index contributed by atoms with van der Waals surface area (Å²) in [5, 5.41) is 11.7. The van der Waals surface area contributed by atoms with E-state index >= 15 is 0 Å². The molecular weight excluding hydrogens is 378 g/mol. The van der Waals surface area contributed by atoms with Crippen LogP contribution in [0.1, 0.15) is 22.6 Å². The zero-order valence-electron chi connectivity index (χ0n) is 15.1. The molecule has 8 heteroatoms. The molecule has 2 heterocycles. The van der Waals surface area contributed by atoms with E-state index < -0.39 is 18.9 Å². The lowest BCUT2D eigenvalue weighted by Crippen LogP contribution is -2.32. The molecule has 1 aliphatic heterocycles. The number of rotatable bonds is 5. The van der Waals surface area contributed by atoms with Crippen LogP contribution in [-0.2, 0) is 22.5 Å². The molecule has 3 N–H and O–H groups in total. The first kappa shape index (κ1) is 20.5. The summed E-state index contributed by atoms with van der Waals surface area (Å²) < 4.78 is 19.4. The summed E-state index contributed by atoms with van der Waals surface area (Å²) >= 11 is 0. The number of ketones is 1. The van der Waals surface area contributed by atoms with E-state index in [1.807, 2.05) is 24.3 Å². The number of aromatic nitrogens is 1. The monoisotopic (exact) mass is 398 g/mol. The van der Waals surface area contributed by atoms with E-state index in [1.54, 1.807) is 18.5 Å². The quantitative estimate of drug-likeness (QED) is 0.638. The Balaban J connectivity index is 0.00000225. The van der Waals surface area contributed by atoms with Gasteiger partial charge in [-0.1, -0.05) is 24.3 Å². The number of benzene rings is 2. The summed E-state index contributed by atoms with van der Waals surface area (Å²) in [6.45, 7) is 0.198. The van der Waals surface area contributed by atoms with Crippen molar-refractivity contribution in [3.05, 3.63) is 71.3 Å². The van der Waals surface area contributed by atoms with Crippen LogP contribution in [0.4, 0.5) is 4.39 Å². The number of carbonyl (C=O) groups is 1. The Hall–Kier alpha value is -2.26. The minimum absolute atomic E-state index is 0. The van der Waals surface area contributed by atoms with Crippen LogP contribution in [0.3, 0.4) is 0 Å². The van der Waals surface area contributed by atoms with E-state index in [9.17, 15) is 14.2 Å².